The van der Waals surface area contributed by atoms with Gasteiger partial charge in [0.1, 0.15) is 17.8 Å². The minimum absolute atomic E-state index is 0.189. The zero-order valence-corrected chi connectivity index (χ0v) is 19.8. The Balaban J connectivity index is 1.43. The molecule has 3 aromatic heterocycles. The zero-order chi connectivity index (χ0) is 25.2. The highest BCUT2D eigenvalue weighted by Crippen LogP contribution is 2.48. The molecule has 0 radical (unpaired) electrons. The van der Waals surface area contributed by atoms with Crippen LogP contribution in [-0.4, -0.2) is 51.1 Å². The zero-order valence-electron chi connectivity index (χ0n) is 19.8. The molecule has 36 heavy (non-hydrogen) atoms. The van der Waals surface area contributed by atoms with Crippen LogP contribution in [0, 0.1) is 13.8 Å². The van der Waals surface area contributed by atoms with E-state index in [4.69, 9.17) is 14.5 Å². The SMILES string of the molecule is Cc1cc(-c2cnc(C)c(OC3CC3)c2)nc2c1C(=O)N(c1cnn(CC(F)(F)F)c1)C21CCOC1. The second kappa shape index (κ2) is 8.02. The standard InChI is InChI=1S/C25H24F3N5O3/c1-14-7-19(16-8-20(15(2)29-9-16)36-18-3-4-18)31-22-21(14)23(34)33(24(22)5-6-35-13-24)17-10-30-32(11-17)12-25(26,27)28/h7-11,18H,3-6,12-13H2,1-2H3. The summed E-state index contributed by atoms with van der Waals surface area (Å²) in [6.07, 6.45) is 2.59. The average Bonchev–Trinajstić information content (AvgIpc) is 3.21. The summed E-state index contributed by atoms with van der Waals surface area (Å²) in [6.45, 7) is 3.08. The Morgan fingerprint density at radius 3 is 2.72 bits per heavy atom. The van der Waals surface area contributed by atoms with E-state index in [9.17, 15) is 18.0 Å². The molecule has 0 aromatic carbocycles. The van der Waals surface area contributed by atoms with Crippen LogP contribution in [0.3, 0.4) is 0 Å². The van der Waals surface area contributed by atoms with E-state index < -0.39 is 18.3 Å². The molecule has 6 rings (SSSR count). The maximum Gasteiger partial charge on any atom is 0.408 e. The molecule has 3 aromatic rings. The molecule has 11 heteroatoms. The number of aryl methyl sites for hydroxylation is 2. The average molecular weight is 499 g/mol. The molecule has 2 aliphatic heterocycles. The lowest BCUT2D eigenvalue weighted by molar-refractivity contribution is -0.142. The van der Waals surface area contributed by atoms with E-state index >= 15 is 0 Å². The number of halogens is 3. The largest absolute Gasteiger partial charge is 0.489 e. The lowest BCUT2D eigenvalue weighted by Crippen LogP contribution is -2.45. The molecule has 1 saturated heterocycles. The number of hydrogen-bond donors (Lipinski definition) is 0. The van der Waals surface area contributed by atoms with Crippen LogP contribution < -0.4 is 9.64 Å². The molecule has 1 atom stereocenters. The minimum atomic E-state index is -4.42. The van der Waals surface area contributed by atoms with Gasteiger partial charge in [-0.2, -0.15) is 18.3 Å². The van der Waals surface area contributed by atoms with Crippen LogP contribution in [0.25, 0.3) is 11.3 Å². The Bertz CT molecular complexity index is 1360. The van der Waals surface area contributed by atoms with E-state index in [1.54, 1.807) is 6.20 Å². The summed E-state index contributed by atoms with van der Waals surface area (Å²) >= 11 is 0. The van der Waals surface area contributed by atoms with Gasteiger partial charge in [0, 0.05) is 31.0 Å². The van der Waals surface area contributed by atoms with Gasteiger partial charge in [-0.1, -0.05) is 0 Å². The first-order chi connectivity index (χ1) is 17.1. The number of amides is 1. The summed E-state index contributed by atoms with van der Waals surface area (Å²) in [4.78, 5) is 24.6. The molecule has 3 aliphatic rings. The Kier molecular flexibility index (Phi) is 5.12. The molecule has 1 spiro atoms. The van der Waals surface area contributed by atoms with Crippen LogP contribution in [0.5, 0.6) is 5.75 Å². The molecule has 0 N–H and O–H groups in total. The third-order valence-corrected chi connectivity index (χ3v) is 6.88. The molecule has 1 amide bonds. The molecule has 188 valence electrons. The van der Waals surface area contributed by atoms with Crippen LogP contribution in [0.15, 0.2) is 30.7 Å². The van der Waals surface area contributed by atoms with Gasteiger partial charge in [0.25, 0.3) is 5.91 Å². The van der Waals surface area contributed by atoms with Gasteiger partial charge in [-0.15, -0.1) is 0 Å². The number of anilines is 1. The number of rotatable bonds is 5. The number of carbonyl (C=O) groups is 1. The predicted octanol–water partition coefficient (Wildman–Crippen LogP) is 4.34. The van der Waals surface area contributed by atoms with Crippen molar-refractivity contribution in [2.45, 2.75) is 57.5 Å². The molecule has 1 unspecified atom stereocenters. The van der Waals surface area contributed by atoms with E-state index in [-0.39, 0.29) is 24.3 Å². The van der Waals surface area contributed by atoms with Gasteiger partial charge < -0.3 is 9.47 Å². The molecule has 1 saturated carbocycles. The molecular formula is C25H24F3N5O3. The van der Waals surface area contributed by atoms with Gasteiger partial charge in [0.05, 0.1) is 47.2 Å². The predicted molar refractivity (Wildman–Crippen MR) is 123 cm³/mol. The quantitative estimate of drug-likeness (QED) is 0.520. The third-order valence-electron chi connectivity index (χ3n) is 6.88. The number of carbonyl (C=O) groups excluding carboxylic acids is 1. The molecule has 8 nitrogen and oxygen atoms in total. The Labute approximate surface area is 205 Å². The number of hydrogen-bond acceptors (Lipinski definition) is 6. The van der Waals surface area contributed by atoms with Gasteiger partial charge in [0.2, 0.25) is 0 Å². The number of fused-ring (bicyclic) bond motifs is 2. The first-order valence-electron chi connectivity index (χ1n) is 11.8. The van der Waals surface area contributed by atoms with E-state index in [0.717, 1.165) is 34.3 Å². The summed E-state index contributed by atoms with van der Waals surface area (Å²) < 4.78 is 51.3. The summed E-state index contributed by atoms with van der Waals surface area (Å²) in [6, 6.07) is 3.76. The first-order valence-corrected chi connectivity index (χ1v) is 11.8. The Morgan fingerprint density at radius 1 is 1.22 bits per heavy atom. The highest BCUT2D eigenvalue weighted by atomic mass is 19.4. The topological polar surface area (TPSA) is 82.4 Å². The van der Waals surface area contributed by atoms with E-state index in [0.29, 0.717) is 35.7 Å². The number of ether oxygens (including phenoxy) is 2. The molecule has 0 bridgehead atoms. The Morgan fingerprint density at radius 2 is 2.03 bits per heavy atom. The minimum Gasteiger partial charge on any atom is -0.489 e. The summed E-state index contributed by atoms with van der Waals surface area (Å²) in [5, 5.41) is 3.85. The second-order valence-electron chi connectivity index (χ2n) is 9.66. The van der Waals surface area contributed by atoms with Crippen molar-refractivity contribution in [2.24, 2.45) is 0 Å². The third kappa shape index (κ3) is 3.82. The molecular weight excluding hydrogens is 475 g/mol. The maximum atomic E-state index is 13.7. The van der Waals surface area contributed by atoms with Crippen LogP contribution >= 0.6 is 0 Å². The van der Waals surface area contributed by atoms with Crippen LogP contribution in [-0.2, 0) is 16.8 Å². The van der Waals surface area contributed by atoms with Crippen molar-refractivity contribution in [1.82, 2.24) is 19.7 Å². The van der Waals surface area contributed by atoms with E-state index in [1.807, 2.05) is 26.0 Å². The normalized spacial score (nSPS) is 21.5. The van der Waals surface area contributed by atoms with Gasteiger partial charge in [-0.25, -0.2) is 4.98 Å². The molecule has 5 heterocycles. The van der Waals surface area contributed by atoms with Crippen molar-refractivity contribution in [3.05, 3.63) is 53.2 Å². The van der Waals surface area contributed by atoms with Crippen molar-refractivity contribution in [3.63, 3.8) is 0 Å². The van der Waals surface area contributed by atoms with Crippen molar-refractivity contribution in [2.75, 3.05) is 18.1 Å². The van der Waals surface area contributed by atoms with E-state index in [1.165, 1.54) is 17.3 Å². The molecule has 2 fully saturated rings. The monoisotopic (exact) mass is 499 g/mol. The van der Waals surface area contributed by atoms with Crippen molar-refractivity contribution in [1.29, 1.82) is 0 Å². The van der Waals surface area contributed by atoms with Gasteiger partial charge in [-0.05, 0) is 44.4 Å². The first kappa shape index (κ1) is 23.0. The molecule has 1 aliphatic carbocycles. The Hall–Kier alpha value is -3.47. The van der Waals surface area contributed by atoms with Gasteiger partial charge in [-0.3, -0.25) is 19.4 Å². The number of nitrogens with zero attached hydrogens (tertiary/aromatic N) is 5. The lowest BCUT2D eigenvalue weighted by atomic mass is 9.91. The number of alkyl halides is 3. The van der Waals surface area contributed by atoms with Gasteiger partial charge >= 0.3 is 6.18 Å². The van der Waals surface area contributed by atoms with Crippen LogP contribution in [0.1, 0.15) is 46.6 Å². The second-order valence-corrected chi connectivity index (χ2v) is 9.66. The fourth-order valence-electron chi connectivity index (χ4n) is 5.00. The van der Waals surface area contributed by atoms with Gasteiger partial charge in [0.15, 0.2) is 0 Å². The lowest BCUT2D eigenvalue weighted by Gasteiger charge is -2.32. The maximum absolute atomic E-state index is 13.7. The summed E-state index contributed by atoms with van der Waals surface area (Å²) in [5.74, 6) is 0.391. The summed E-state index contributed by atoms with van der Waals surface area (Å²) in [7, 11) is 0. The fourth-order valence-corrected chi connectivity index (χ4v) is 5.00. The fraction of sp³-hybridized carbons (Fsp3) is 0.440. The van der Waals surface area contributed by atoms with Crippen LogP contribution in [0.4, 0.5) is 18.9 Å². The highest BCUT2D eigenvalue weighted by molar-refractivity contribution is 6.12. The number of pyridine rings is 2. The number of aromatic nitrogens is 4. The van der Waals surface area contributed by atoms with Crippen molar-refractivity contribution >= 4 is 11.6 Å². The van der Waals surface area contributed by atoms with Crippen molar-refractivity contribution < 1.29 is 27.4 Å². The highest BCUT2D eigenvalue weighted by Gasteiger charge is 2.55. The smallest absolute Gasteiger partial charge is 0.408 e. The van der Waals surface area contributed by atoms with E-state index in [2.05, 4.69) is 10.1 Å². The van der Waals surface area contributed by atoms with Crippen molar-refractivity contribution in [3.8, 4) is 17.0 Å². The van der Waals surface area contributed by atoms with Crippen LogP contribution in [0.2, 0.25) is 0 Å². The summed E-state index contributed by atoms with van der Waals surface area (Å²) in [5.41, 5.74) is 3.29.